The molecule has 1 fully saturated rings. The molecule has 0 bridgehead atoms. The summed E-state index contributed by atoms with van der Waals surface area (Å²) in [6.45, 7) is 0. The van der Waals surface area contributed by atoms with Crippen LogP contribution in [0.15, 0.2) is 12.1 Å². The number of alkyl halides is 1. The van der Waals surface area contributed by atoms with E-state index in [4.69, 9.17) is 11.6 Å². The van der Waals surface area contributed by atoms with Gasteiger partial charge in [-0.2, -0.15) is 0 Å². The second-order valence-electron chi connectivity index (χ2n) is 4.53. The fourth-order valence-corrected chi connectivity index (χ4v) is 2.86. The molecule has 4 heteroatoms. The van der Waals surface area contributed by atoms with Gasteiger partial charge in [0.2, 0.25) is 0 Å². The van der Waals surface area contributed by atoms with Crippen LogP contribution in [-0.4, -0.2) is 5.38 Å². The molecular weight excluding hydrogens is 249 g/mol. The first-order valence-corrected chi connectivity index (χ1v) is 6.32. The summed E-state index contributed by atoms with van der Waals surface area (Å²) < 4.78 is 39.7. The quantitative estimate of drug-likeness (QED) is 0.389. The summed E-state index contributed by atoms with van der Waals surface area (Å²) >= 11 is 6.20. The first kappa shape index (κ1) is 12.7. The zero-order valence-corrected chi connectivity index (χ0v) is 10.1. The van der Waals surface area contributed by atoms with Crippen molar-refractivity contribution >= 4 is 11.6 Å². The molecule has 0 saturated heterocycles. The van der Waals surface area contributed by atoms with Crippen molar-refractivity contribution in [3.05, 3.63) is 35.1 Å². The van der Waals surface area contributed by atoms with Crippen LogP contribution in [-0.2, 0) is 0 Å². The Balaban J connectivity index is 2.35. The van der Waals surface area contributed by atoms with Gasteiger partial charge in [-0.15, -0.1) is 11.6 Å². The van der Waals surface area contributed by atoms with Crippen molar-refractivity contribution in [2.24, 2.45) is 0 Å². The van der Waals surface area contributed by atoms with Gasteiger partial charge in [-0.25, -0.2) is 13.2 Å². The third-order valence-corrected chi connectivity index (χ3v) is 3.92. The summed E-state index contributed by atoms with van der Waals surface area (Å²) in [5.74, 6) is -3.83. The van der Waals surface area contributed by atoms with Crippen molar-refractivity contribution in [3.63, 3.8) is 0 Å². The minimum absolute atomic E-state index is 0.197. The molecule has 0 aromatic heterocycles. The topological polar surface area (TPSA) is 0 Å². The maximum Gasteiger partial charge on any atom is 0.194 e. The van der Waals surface area contributed by atoms with Crippen LogP contribution in [0.4, 0.5) is 13.2 Å². The van der Waals surface area contributed by atoms with Gasteiger partial charge in [-0.3, -0.25) is 0 Å². The highest BCUT2D eigenvalue weighted by Crippen LogP contribution is 2.37. The minimum Gasteiger partial charge on any atom is -0.204 e. The Labute approximate surface area is 104 Å². The molecule has 1 saturated carbocycles. The maximum absolute atomic E-state index is 13.7. The van der Waals surface area contributed by atoms with E-state index in [-0.39, 0.29) is 16.9 Å². The van der Waals surface area contributed by atoms with E-state index in [1.807, 2.05) is 0 Å². The Kier molecular flexibility index (Phi) is 3.97. The van der Waals surface area contributed by atoms with E-state index in [1.54, 1.807) is 0 Å². The molecule has 0 radical (unpaired) electrons. The van der Waals surface area contributed by atoms with Gasteiger partial charge in [0.15, 0.2) is 17.5 Å². The van der Waals surface area contributed by atoms with Crippen LogP contribution < -0.4 is 0 Å². The van der Waals surface area contributed by atoms with Crippen molar-refractivity contribution in [2.45, 2.75) is 43.4 Å². The highest BCUT2D eigenvalue weighted by atomic mass is 35.5. The summed E-state index contributed by atoms with van der Waals surface area (Å²) in [6.07, 6.45) is 4.55. The molecule has 17 heavy (non-hydrogen) atoms. The van der Waals surface area contributed by atoms with E-state index < -0.39 is 17.5 Å². The molecule has 1 aromatic rings. The van der Waals surface area contributed by atoms with Gasteiger partial charge in [-0.05, 0) is 24.5 Å². The summed E-state index contributed by atoms with van der Waals surface area (Å²) in [5.41, 5.74) is 0.214. The molecule has 0 nitrogen and oxygen atoms in total. The summed E-state index contributed by atoms with van der Waals surface area (Å²) in [5, 5.41) is -0.197. The molecule has 1 aliphatic rings. The van der Waals surface area contributed by atoms with Gasteiger partial charge in [0.1, 0.15) is 0 Å². The highest BCUT2D eigenvalue weighted by molar-refractivity contribution is 6.21. The zero-order valence-electron chi connectivity index (χ0n) is 9.36. The molecule has 94 valence electrons. The largest absolute Gasteiger partial charge is 0.204 e. The number of hydrogen-bond donors (Lipinski definition) is 0. The van der Waals surface area contributed by atoms with Crippen LogP contribution in [0.5, 0.6) is 0 Å². The standard InChI is InChI=1S/C13H14ClF3/c14-10-5-3-1-2-4-8(10)9-6-7-11(15)13(17)12(9)16/h6-8,10H,1-5H2. The van der Waals surface area contributed by atoms with Crippen molar-refractivity contribution in [3.8, 4) is 0 Å². The molecule has 0 amide bonds. The monoisotopic (exact) mass is 262 g/mol. The summed E-state index contributed by atoms with van der Waals surface area (Å²) in [7, 11) is 0. The van der Waals surface area contributed by atoms with E-state index in [2.05, 4.69) is 0 Å². The van der Waals surface area contributed by atoms with Crippen molar-refractivity contribution < 1.29 is 13.2 Å². The maximum atomic E-state index is 13.7. The lowest BCUT2D eigenvalue weighted by atomic mass is 9.91. The third kappa shape index (κ3) is 2.59. The molecule has 0 aliphatic heterocycles. The van der Waals surface area contributed by atoms with Crippen molar-refractivity contribution in [1.29, 1.82) is 0 Å². The van der Waals surface area contributed by atoms with Crippen LogP contribution in [0.3, 0.4) is 0 Å². The van der Waals surface area contributed by atoms with Crippen LogP contribution >= 0.6 is 11.6 Å². The molecule has 0 heterocycles. The second-order valence-corrected chi connectivity index (χ2v) is 5.09. The normalized spacial score (nSPS) is 25.6. The number of benzene rings is 1. The van der Waals surface area contributed by atoms with Crippen molar-refractivity contribution in [2.75, 3.05) is 0 Å². The first-order valence-electron chi connectivity index (χ1n) is 5.88. The molecule has 0 spiro atoms. The summed E-state index contributed by atoms with van der Waals surface area (Å²) in [4.78, 5) is 0. The molecule has 2 atom stereocenters. The van der Waals surface area contributed by atoms with Gasteiger partial charge in [-0.1, -0.05) is 25.3 Å². The van der Waals surface area contributed by atoms with E-state index >= 15 is 0 Å². The Morgan fingerprint density at radius 1 is 0.941 bits per heavy atom. The van der Waals surface area contributed by atoms with Gasteiger partial charge < -0.3 is 0 Å². The van der Waals surface area contributed by atoms with Gasteiger partial charge in [0, 0.05) is 11.3 Å². The summed E-state index contributed by atoms with van der Waals surface area (Å²) in [6, 6.07) is 2.29. The number of rotatable bonds is 1. The van der Waals surface area contributed by atoms with Gasteiger partial charge >= 0.3 is 0 Å². The molecule has 2 rings (SSSR count). The van der Waals surface area contributed by atoms with E-state index in [0.717, 1.165) is 38.2 Å². The van der Waals surface area contributed by atoms with Gasteiger partial charge in [0.05, 0.1) is 0 Å². The highest BCUT2D eigenvalue weighted by Gasteiger charge is 2.27. The average Bonchev–Trinajstić information content (AvgIpc) is 2.52. The smallest absolute Gasteiger partial charge is 0.194 e. The van der Waals surface area contributed by atoms with Crippen molar-refractivity contribution in [1.82, 2.24) is 0 Å². The SMILES string of the molecule is Fc1ccc(C2CCCCCC2Cl)c(F)c1F. The lowest BCUT2D eigenvalue weighted by molar-refractivity contribution is 0.430. The molecular formula is C13H14ClF3. The predicted molar refractivity (Wildman–Crippen MR) is 61.8 cm³/mol. The van der Waals surface area contributed by atoms with E-state index in [0.29, 0.717) is 0 Å². The van der Waals surface area contributed by atoms with Crippen LogP contribution in [0.1, 0.15) is 43.6 Å². The fourth-order valence-electron chi connectivity index (χ4n) is 2.44. The van der Waals surface area contributed by atoms with Gasteiger partial charge in [0.25, 0.3) is 0 Å². The molecule has 1 aliphatic carbocycles. The Hall–Kier alpha value is -0.700. The minimum atomic E-state index is -1.39. The second kappa shape index (κ2) is 5.30. The molecule has 2 unspecified atom stereocenters. The lowest BCUT2D eigenvalue weighted by Crippen LogP contribution is -2.14. The zero-order chi connectivity index (χ0) is 12.4. The Morgan fingerprint density at radius 3 is 2.41 bits per heavy atom. The van der Waals surface area contributed by atoms with Crippen LogP contribution in [0, 0.1) is 17.5 Å². The Morgan fingerprint density at radius 2 is 1.65 bits per heavy atom. The third-order valence-electron chi connectivity index (χ3n) is 3.40. The van der Waals surface area contributed by atoms with E-state index in [9.17, 15) is 13.2 Å². The predicted octanol–water partition coefficient (Wildman–Crippen LogP) is 4.76. The fraction of sp³-hybridized carbons (Fsp3) is 0.538. The molecule has 1 aromatic carbocycles. The lowest BCUT2D eigenvalue weighted by Gasteiger charge is -2.20. The van der Waals surface area contributed by atoms with Crippen LogP contribution in [0.2, 0.25) is 0 Å². The number of hydrogen-bond acceptors (Lipinski definition) is 0. The average molecular weight is 263 g/mol. The van der Waals surface area contributed by atoms with Crippen LogP contribution in [0.25, 0.3) is 0 Å². The van der Waals surface area contributed by atoms with E-state index in [1.165, 1.54) is 6.07 Å². The molecule has 0 N–H and O–H groups in total. The first-order chi connectivity index (χ1) is 8.11. The Bertz CT molecular complexity index is 406. The number of halogens is 4.